The molecule has 20 heavy (non-hydrogen) atoms. The summed E-state index contributed by atoms with van der Waals surface area (Å²) in [7, 11) is 0. The predicted molar refractivity (Wildman–Crippen MR) is 70.2 cm³/mol. The zero-order valence-electron chi connectivity index (χ0n) is 11.6. The van der Waals surface area contributed by atoms with E-state index < -0.39 is 0 Å². The van der Waals surface area contributed by atoms with Gasteiger partial charge in [0.2, 0.25) is 5.89 Å². The van der Waals surface area contributed by atoms with Crippen molar-refractivity contribution in [1.82, 2.24) is 25.2 Å². The molecule has 3 rings (SSSR count). The van der Waals surface area contributed by atoms with E-state index in [2.05, 4.69) is 20.3 Å². The maximum absolute atomic E-state index is 12.4. The molecule has 106 valence electrons. The SMILES string of the molecule is Cc1cc(C(=O)N2CCC[C@H](c3noc(C)n3)C2)n[nH]1. The number of nitrogens with one attached hydrogen (secondary N) is 1. The summed E-state index contributed by atoms with van der Waals surface area (Å²) in [6.07, 6.45) is 1.91. The number of nitrogens with zero attached hydrogens (tertiary/aromatic N) is 4. The van der Waals surface area contributed by atoms with E-state index in [-0.39, 0.29) is 11.8 Å². The van der Waals surface area contributed by atoms with Crippen LogP contribution in [0, 0.1) is 13.8 Å². The van der Waals surface area contributed by atoms with Crippen LogP contribution >= 0.6 is 0 Å². The zero-order valence-corrected chi connectivity index (χ0v) is 11.6. The molecule has 0 bridgehead atoms. The highest BCUT2D eigenvalue weighted by Gasteiger charge is 2.29. The quantitative estimate of drug-likeness (QED) is 0.895. The first-order valence-electron chi connectivity index (χ1n) is 6.75. The molecule has 0 aliphatic carbocycles. The number of carbonyl (C=O) groups excluding carboxylic acids is 1. The van der Waals surface area contributed by atoms with Gasteiger partial charge < -0.3 is 9.42 Å². The number of H-pyrrole nitrogens is 1. The second-order valence-electron chi connectivity index (χ2n) is 5.20. The molecule has 1 aliphatic rings. The number of aromatic amines is 1. The van der Waals surface area contributed by atoms with E-state index in [0.29, 0.717) is 24.0 Å². The number of likely N-dealkylation sites (tertiary alicyclic amines) is 1. The molecular weight excluding hydrogens is 258 g/mol. The first kappa shape index (κ1) is 12.8. The minimum absolute atomic E-state index is 0.0423. The normalized spacial score (nSPS) is 19.3. The number of rotatable bonds is 2. The lowest BCUT2D eigenvalue weighted by Gasteiger charge is -2.30. The van der Waals surface area contributed by atoms with Crippen LogP contribution in [0.25, 0.3) is 0 Å². The van der Waals surface area contributed by atoms with Crippen molar-refractivity contribution in [1.29, 1.82) is 0 Å². The Kier molecular flexibility index (Phi) is 3.25. The topological polar surface area (TPSA) is 87.9 Å². The standard InChI is InChI=1S/C13H17N5O2/c1-8-6-11(16-15-8)13(19)18-5-3-4-10(7-18)12-14-9(2)20-17-12/h6,10H,3-5,7H2,1-2H3,(H,15,16)/t10-/m0/s1. The second-order valence-corrected chi connectivity index (χ2v) is 5.20. The molecule has 2 aromatic heterocycles. The minimum Gasteiger partial charge on any atom is -0.340 e. The van der Waals surface area contributed by atoms with Crippen LogP contribution in [0.1, 0.15) is 46.7 Å². The van der Waals surface area contributed by atoms with E-state index in [4.69, 9.17) is 4.52 Å². The molecule has 0 spiro atoms. The summed E-state index contributed by atoms with van der Waals surface area (Å²) in [5, 5.41) is 10.8. The van der Waals surface area contributed by atoms with E-state index >= 15 is 0 Å². The van der Waals surface area contributed by atoms with E-state index in [1.54, 1.807) is 13.0 Å². The van der Waals surface area contributed by atoms with Gasteiger partial charge in [0.15, 0.2) is 5.82 Å². The zero-order chi connectivity index (χ0) is 14.1. The monoisotopic (exact) mass is 275 g/mol. The third kappa shape index (κ3) is 2.43. The summed E-state index contributed by atoms with van der Waals surface area (Å²) in [5.41, 5.74) is 1.35. The minimum atomic E-state index is -0.0423. The van der Waals surface area contributed by atoms with Gasteiger partial charge in [-0.15, -0.1) is 0 Å². The highest BCUT2D eigenvalue weighted by molar-refractivity contribution is 5.92. The Labute approximate surface area is 116 Å². The average molecular weight is 275 g/mol. The smallest absolute Gasteiger partial charge is 0.274 e. The van der Waals surface area contributed by atoms with Gasteiger partial charge in [-0.3, -0.25) is 9.89 Å². The Morgan fingerprint density at radius 1 is 1.50 bits per heavy atom. The van der Waals surface area contributed by atoms with Gasteiger partial charge in [0.05, 0.1) is 0 Å². The molecule has 1 aliphatic heterocycles. The van der Waals surface area contributed by atoms with Gasteiger partial charge in [-0.05, 0) is 25.8 Å². The van der Waals surface area contributed by atoms with Gasteiger partial charge in [-0.1, -0.05) is 5.16 Å². The van der Waals surface area contributed by atoms with E-state index in [1.807, 2.05) is 11.8 Å². The molecule has 0 aromatic carbocycles. The summed E-state index contributed by atoms with van der Waals surface area (Å²) in [4.78, 5) is 18.5. The van der Waals surface area contributed by atoms with Gasteiger partial charge in [-0.2, -0.15) is 10.1 Å². The number of amides is 1. The fourth-order valence-corrected chi connectivity index (χ4v) is 2.54. The van der Waals surface area contributed by atoms with Crippen molar-refractivity contribution in [2.75, 3.05) is 13.1 Å². The molecule has 1 amide bonds. The van der Waals surface area contributed by atoms with Crippen molar-refractivity contribution >= 4 is 5.91 Å². The number of hydrogen-bond acceptors (Lipinski definition) is 5. The fourth-order valence-electron chi connectivity index (χ4n) is 2.54. The fraction of sp³-hybridized carbons (Fsp3) is 0.538. The lowest BCUT2D eigenvalue weighted by Crippen LogP contribution is -2.39. The number of aromatic nitrogens is 4. The molecule has 0 radical (unpaired) electrons. The van der Waals surface area contributed by atoms with Gasteiger partial charge in [0.25, 0.3) is 5.91 Å². The molecule has 7 nitrogen and oxygen atoms in total. The number of aryl methyl sites for hydroxylation is 2. The van der Waals surface area contributed by atoms with Crippen molar-refractivity contribution in [3.8, 4) is 0 Å². The Morgan fingerprint density at radius 2 is 2.35 bits per heavy atom. The highest BCUT2D eigenvalue weighted by Crippen LogP contribution is 2.25. The molecule has 1 fully saturated rings. The molecule has 1 saturated heterocycles. The van der Waals surface area contributed by atoms with Crippen LogP contribution in [0.5, 0.6) is 0 Å². The van der Waals surface area contributed by atoms with Gasteiger partial charge in [0, 0.05) is 31.6 Å². The molecule has 0 unspecified atom stereocenters. The molecule has 7 heteroatoms. The first-order chi connectivity index (χ1) is 9.63. The number of piperidine rings is 1. The summed E-state index contributed by atoms with van der Waals surface area (Å²) in [6.45, 7) is 5.02. The maximum atomic E-state index is 12.4. The average Bonchev–Trinajstić information content (AvgIpc) is 3.07. The van der Waals surface area contributed by atoms with Gasteiger partial charge >= 0.3 is 0 Å². The Hall–Kier alpha value is -2.18. The van der Waals surface area contributed by atoms with Crippen molar-refractivity contribution < 1.29 is 9.32 Å². The third-order valence-electron chi connectivity index (χ3n) is 3.54. The summed E-state index contributed by atoms with van der Waals surface area (Å²) in [6, 6.07) is 1.77. The van der Waals surface area contributed by atoms with Crippen LogP contribution in [0.15, 0.2) is 10.6 Å². The lowest BCUT2D eigenvalue weighted by molar-refractivity contribution is 0.0697. The van der Waals surface area contributed by atoms with E-state index in [0.717, 1.165) is 25.1 Å². The van der Waals surface area contributed by atoms with Crippen LogP contribution in [0.3, 0.4) is 0 Å². The second kappa shape index (κ2) is 5.07. The Bertz CT molecular complexity index is 618. The maximum Gasteiger partial charge on any atom is 0.274 e. The van der Waals surface area contributed by atoms with Crippen LogP contribution < -0.4 is 0 Å². The third-order valence-corrected chi connectivity index (χ3v) is 3.54. The summed E-state index contributed by atoms with van der Waals surface area (Å²) in [5.74, 6) is 1.36. The molecule has 0 saturated carbocycles. The van der Waals surface area contributed by atoms with Crippen LogP contribution in [-0.2, 0) is 0 Å². The number of carbonyl (C=O) groups is 1. The number of hydrogen-bond donors (Lipinski definition) is 1. The lowest BCUT2D eigenvalue weighted by atomic mass is 9.97. The van der Waals surface area contributed by atoms with Crippen LogP contribution in [0.4, 0.5) is 0 Å². The Balaban J connectivity index is 1.73. The van der Waals surface area contributed by atoms with Crippen LogP contribution in [0.2, 0.25) is 0 Å². The summed E-state index contributed by atoms with van der Waals surface area (Å²) >= 11 is 0. The van der Waals surface area contributed by atoms with Gasteiger partial charge in [-0.25, -0.2) is 0 Å². The van der Waals surface area contributed by atoms with Crippen molar-refractivity contribution in [2.24, 2.45) is 0 Å². The molecule has 1 atom stereocenters. The molecular formula is C13H17N5O2. The molecule has 1 N–H and O–H groups in total. The molecule has 3 heterocycles. The predicted octanol–water partition coefficient (Wildman–Crippen LogP) is 1.43. The first-order valence-corrected chi connectivity index (χ1v) is 6.75. The van der Waals surface area contributed by atoms with Crippen molar-refractivity contribution in [3.63, 3.8) is 0 Å². The van der Waals surface area contributed by atoms with E-state index in [1.165, 1.54) is 0 Å². The van der Waals surface area contributed by atoms with E-state index in [9.17, 15) is 4.79 Å². The largest absolute Gasteiger partial charge is 0.340 e. The van der Waals surface area contributed by atoms with Crippen molar-refractivity contribution in [3.05, 3.63) is 29.2 Å². The Morgan fingerprint density at radius 3 is 3.00 bits per heavy atom. The van der Waals surface area contributed by atoms with Crippen molar-refractivity contribution in [2.45, 2.75) is 32.6 Å². The van der Waals surface area contributed by atoms with Crippen LogP contribution in [-0.4, -0.2) is 44.2 Å². The molecule has 2 aromatic rings. The summed E-state index contributed by atoms with van der Waals surface area (Å²) < 4.78 is 5.02. The highest BCUT2D eigenvalue weighted by atomic mass is 16.5. The van der Waals surface area contributed by atoms with Gasteiger partial charge in [0.1, 0.15) is 5.69 Å².